The molecule has 2 N–H and O–H groups in total. The highest BCUT2D eigenvalue weighted by Crippen LogP contribution is 2.27. The van der Waals surface area contributed by atoms with Crippen molar-refractivity contribution in [1.29, 1.82) is 0 Å². The van der Waals surface area contributed by atoms with Gasteiger partial charge in [0.05, 0.1) is 12.1 Å². The minimum Gasteiger partial charge on any atom is -0.497 e. The molecule has 1 atom stereocenters. The van der Waals surface area contributed by atoms with Crippen LogP contribution in [0.25, 0.3) is 0 Å². The summed E-state index contributed by atoms with van der Waals surface area (Å²) in [5.74, 6) is 0.445. The summed E-state index contributed by atoms with van der Waals surface area (Å²) < 4.78 is 32.9. The van der Waals surface area contributed by atoms with E-state index in [1.165, 1.54) is 24.8 Å². The largest absolute Gasteiger partial charge is 0.497 e. The fourth-order valence-electron chi connectivity index (χ4n) is 2.86. The Bertz CT molecular complexity index is 844. The standard InChI is InChI=1S/C17H19ClN2O3S.ClH/c1-23-13-6-7-15(18)17(10-13)24(21,22)20-11-16-14-5-3-2-4-12(14)8-9-19-16;/h2-7,10,16,19-20H,8-9,11H2,1H3;1H. The molecular weight excluding hydrogens is 383 g/mol. The lowest BCUT2D eigenvalue weighted by atomic mass is 9.95. The lowest BCUT2D eigenvalue weighted by molar-refractivity contribution is 0.413. The Kier molecular flexibility index (Phi) is 6.71. The molecule has 5 nitrogen and oxygen atoms in total. The van der Waals surface area contributed by atoms with Crippen molar-refractivity contribution in [2.75, 3.05) is 20.2 Å². The van der Waals surface area contributed by atoms with E-state index < -0.39 is 10.0 Å². The van der Waals surface area contributed by atoms with Crippen LogP contribution in [0, 0.1) is 0 Å². The molecule has 0 fully saturated rings. The van der Waals surface area contributed by atoms with Crippen molar-refractivity contribution in [3.8, 4) is 5.75 Å². The fourth-order valence-corrected chi connectivity index (χ4v) is 4.42. The lowest BCUT2D eigenvalue weighted by Crippen LogP contribution is -2.38. The molecule has 0 spiro atoms. The maximum atomic E-state index is 12.6. The van der Waals surface area contributed by atoms with Crippen molar-refractivity contribution in [2.45, 2.75) is 17.4 Å². The van der Waals surface area contributed by atoms with Gasteiger partial charge in [0.2, 0.25) is 10.0 Å². The number of fused-ring (bicyclic) bond motifs is 1. The van der Waals surface area contributed by atoms with E-state index in [-0.39, 0.29) is 34.9 Å². The summed E-state index contributed by atoms with van der Waals surface area (Å²) in [5, 5.41) is 3.52. The average molecular weight is 403 g/mol. The van der Waals surface area contributed by atoms with Crippen LogP contribution in [-0.4, -0.2) is 28.6 Å². The van der Waals surface area contributed by atoms with Crippen LogP contribution in [0.5, 0.6) is 5.75 Å². The van der Waals surface area contributed by atoms with Gasteiger partial charge in [-0.2, -0.15) is 0 Å². The number of sulfonamides is 1. The molecule has 0 saturated heterocycles. The average Bonchev–Trinajstić information content (AvgIpc) is 2.60. The minimum atomic E-state index is -3.73. The highest BCUT2D eigenvalue weighted by atomic mass is 35.5. The second-order valence-electron chi connectivity index (χ2n) is 5.60. The predicted molar refractivity (Wildman–Crippen MR) is 101 cm³/mol. The summed E-state index contributed by atoms with van der Waals surface area (Å²) in [6.07, 6.45) is 0.946. The Hall–Kier alpha value is -1.31. The van der Waals surface area contributed by atoms with E-state index in [1.807, 2.05) is 18.2 Å². The van der Waals surface area contributed by atoms with Crippen LogP contribution in [0.15, 0.2) is 47.4 Å². The van der Waals surface area contributed by atoms with E-state index in [0.717, 1.165) is 18.5 Å². The summed E-state index contributed by atoms with van der Waals surface area (Å²) >= 11 is 6.05. The van der Waals surface area contributed by atoms with Gasteiger partial charge in [0.25, 0.3) is 0 Å². The molecule has 2 aromatic carbocycles. The minimum absolute atomic E-state index is 0. The number of benzene rings is 2. The number of nitrogens with one attached hydrogen (secondary N) is 2. The van der Waals surface area contributed by atoms with Gasteiger partial charge in [0.15, 0.2) is 0 Å². The number of ether oxygens (including phenoxy) is 1. The van der Waals surface area contributed by atoms with Gasteiger partial charge >= 0.3 is 0 Å². The molecular formula is C17H20Cl2N2O3S. The summed E-state index contributed by atoms with van der Waals surface area (Å²) in [4.78, 5) is 0.0209. The third kappa shape index (κ3) is 4.46. The Morgan fingerprint density at radius 1 is 1.28 bits per heavy atom. The molecule has 8 heteroatoms. The molecule has 1 aliphatic rings. The van der Waals surface area contributed by atoms with Crippen molar-refractivity contribution in [2.24, 2.45) is 0 Å². The van der Waals surface area contributed by atoms with Gasteiger partial charge in [-0.1, -0.05) is 35.9 Å². The van der Waals surface area contributed by atoms with Crippen LogP contribution in [0.4, 0.5) is 0 Å². The van der Waals surface area contributed by atoms with Gasteiger partial charge in [-0.3, -0.25) is 0 Å². The van der Waals surface area contributed by atoms with Gasteiger partial charge in [-0.15, -0.1) is 12.4 Å². The fraction of sp³-hybridized carbons (Fsp3) is 0.294. The molecule has 1 heterocycles. The molecule has 0 amide bonds. The lowest BCUT2D eigenvalue weighted by Gasteiger charge is -2.27. The van der Waals surface area contributed by atoms with Gasteiger partial charge in [0, 0.05) is 18.7 Å². The van der Waals surface area contributed by atoms with Crippen LogP contribution >= 0.6 is 24.0 Å². The summed E-state index contributed by atoms with van der Waals surface area (Å²) in [6.45, 7) is 1.08. The van der Waals surface area contributed by atoms with Gasteiger partial charge in [-0.25, -0.2) is 13.1 Å². The summed E-state index contributed by atoms with van der Waals surface area (Å²) in [6, 6.07) is 12.6. The molecule has 1 aliphatic heterocycles. The third-order valence-corrected chi connectivity index (χ3v) is 6.03. The first-order valence-electron chi connectivity index (χ1n) is 7.65. The predicted octanol–water partition coefficient (Wildman–Crippen LogP) is 2.94. The Morgan fingerprint density at radius 2 is 2.04 bits per heavy atom. The van der Waals surface area contributed by atoms with Crippen LogP contribution in [-0.2, 0) is 16.4 Å². The SMILES string of the molecule is COc1ccc(Cl)c(S(=O)(=O)NCC2NCCc3ccccc32)c1.Cl. The smallest absolute Gasteiger partial charge is 0.242 e. The van der Waals surface area contributed by atoms with Crippen molar-refractivity contribution in [3.63, 3.8) is 0 Å². The second-order valence-corrected chi connectivity index (χ2v) is 7.75. The molecule has 0 saturated carbocycles. The number of methoxy groups -OCH3 is 1. The van der Waals surface area contributed by atoms with E-state index >= 15 is 0 Å². The zero-order valence-corrected chi connectivity index (χ0v) is 16.0. The van der Waals surface area contributed by atoms with Crippen LogP contribution in [0.3, 0.4) is 0 Å². The molecule has 0 radical (unpaired) electrons. The van der Waals surface area contributed by atoms with E-state index in [0.29, 0.717) is 5.75 Å². The first-order chi connectivity index (χ1) is 11.5. The zero-order valence-electron chi connectivity index (χ0n) is 13.7. The van der Waals surface area contributed by atoms with Gasteiger partial charge in [0.1, 0.15) is 10.6 Å². The van der Waals surface area contributed by atoms with Crippen molar-refractivity contribution in [1.82, 2.24) is 10.0 Å². The summed E-state index contributed by atoms with van der Waals surface area (Å²) in [7, 11) is -2.25. The number of rotatable bonds is 5. The molecule has 136 valence electrons. The Morgan fingerprint density at radius 3 is 2.80 bits per heavy atom. The Labute approximate surface area is 159 Å². The zero-order chi connectivity index (χ0) is 17.2. The van der Waals surface area contributed by atoms with Crippen molar-refractivity contribution >= 4 is 34.0 Å². The van der Waals surface area contributed by atoms with E-state index in [1.54, 1.807) is 6.07 Å². The molecule has 0 aliphatic carbocycles. The van der Waals surface area contributed by atoms with E-state index in [4.69, 9.17) is 16.3 Å². The first kappa shape index (κ1) is 20.0. The van der Waals surface area contributed by atoms with Crippen molar-refractivity contribution in [3.05, 3.63) is 58.6 Å². The third-order valence-electron chi connectivity index (χ3n) is 4.12. The normalized spacial score (nSPS) is 16.6. The quantitative estimate of drug-likeness (QED) is 0.806. The Balaban J connectivity index is 0.00000225. The first-order valence-corrected chi connectivity index (χ1v) is 9.52. The van der Waals surface area contributed by atoms with Crippen molar-refractivity contribution < 1.29 is 13.2 Å². The maximum Gasteiger partial charge on any atom is 0.242 e. The molecule has 0 aromatic heterocycles. The number of hydrogen-bond acceptors (Lipinski definition) is 4. The number of hydrogen-bond donors (Lipinski definition) is 2. The maximum absolute atomic E-state index is 12.6. The molecule has 0 bridgehead atoms. The summed E-state index contributed by atoms with van der Waals surface area (Å²) in [5.41, 5.74) is 2.38. The van der Waals surface area contributed by atoms with Crippen LogP contribution in [0.2, 0.25) is 5.02 Å². The monoisotopic (exact) mass is 402 g/mol. The highest BCUT2D eigenvalue weighted by Gasteiger charge is 2.24. The van der Waals surface area contributed by atoms with Gasteiger partial charge < -0.3 is 10.1 Å². The highest BCUT2D eigenvalue weighted by molar-refractivity contribution is 7.89. The number of halogens is 2. The van der Waals surface area contributed by atoms with E-state index in [9.17, 15) is 8.42 Å². The van der Waals surface area contributed by atoms with E-state index in [2.05, 4.69) is 16.1 Å². The van der Waals surface area contributed by atoms with Gasteiger partial charge in [-0.05, 0) is 36.2 Å². The molecule has 1 unspecified atom stereocenters. The second kappa shape index (κ2) is 8.38. The molecule has 2 aromatic rings. The van der Waals surface area contributed by atoms with Crippen LogP contribution < -0.4 is 14.8 Å². The topological polar surface area (TPSA) is 67.4 Å². The van der Waals surface area contributed by atoms with Crippen LogP contribution in [0.1, 0.15) is 17.2 Å². The molecule has 25 heavy (non-hydrogen) atoms. The molecule has 3 rings (SSSR count).